The Labute approximate surface area is 194 Å². The summed E-state index contributed by atoms with van der Waals surface area (Å²) in [6, 6.07) is 7.83. The van der Waals surface area contributed by atoms with Crippen molar-refractivity contribution in [1.82, 2.24) is 19.6 Å². The van der Waals surface area contributed by atoms with Crippen LogP contribution in [0.4, 0.5) is 5.69 Å². The van der Waals surface area contributed by atoms with Crippen LogP contribution < -0.4 is 5.32 Å². The molecule has 1 amide bonds. The first kappa shape index (κ1) is 20.2. The number of hydrogen-bond acceptors (Lipinski definition) is 6. The lowest BCUT2D eigenvalue weighted by Gasteiger charge is -2.17. The minimum Gasteiger partial charge on any atom is -0.325 e. The molecule has 0 aliphatic heterocycles. The fourth-order valence-electron chi connectivity index (χ4n) is 4.58. The first-order valence-corrected chi connectivity index (χ1v) is 13.1. The lowest BCUT2D eigenvalue weighted by Crippen LogP contribution is -2.15. The van der Waals surface area contributed by atoms with E-state index >= 15 is 0 Å². The molecule has 0 bridgehead atoms. The summed E-state index contributed by atoms with van der Waals surface area (Å²) in [6.07, 6.45) is 5.75. The van der Waals surface area contributed by atoms with Gasteiger partial charge in [0.05, 0.1) is 11.1 Å². The molecule has 0 saturated heterocycles. The largest absolute Gasteiger partial charge is 0.325 e. The Kier molecular flexibility index (Phi) is 4.95. The van der Waals surface area contributed by atoms with Crippen molar-refractivity contribution < 1.29 is 4.79 Å². The van der Waals surface area contributed by atoms with Gasteiger partial charge in [0.25, 0.3) is 0 Å². The highest BCUT2D eigenvalue weighted by atomic mass is 32.2. The van der Waals surface area contributed by atoms with Crippen molar-refractivity contribution in [2.75, 3.05) is 11.1 Å². The summed E-state index contributed by atoms with van der Waals surface area (Å²) in [5.74, 6) is 2.51. The van der Waals surface area contributed by atoms with Crippen LogP contribution in [-0.2, 0) is 17.6 Å². The summed E-state index contributed by atoms with van der Waals surface area (Å²) in [7, 11) is 0. The van der Waals surface area contributed by atoms with Crippen LogP contribution >= 0.6 is 23.1 Å². The molecule has 8 heteroatoms. The Balaban J connectivity index is 1.35. The van der Waals surface area contributed by atoms with Crippen LogP contribution in [0, 0.1) is 12.8 Å². The number of amides is 1. The summed E-state index contributed by atoms with van der Waals surface area (Å²) in [4.78, 5) is 20.3. The lowest BCUT2D eigenvalue weighted by atomic mass is 9.89. The molecule has 0 radical (unpaired) electrons. The number of thiophene rings is 1. The summed E-state index contributed by atoms with van der Waals surface area (Å²) >= 11 is 3.28. The zero-order chi connectivity index (χ0) is 21.8. The number of benzene rings is 1. The summed E-state index contributed by atoms with van der Waals surface area (Å²) in [5, 5.41) is 14.1. The Bertz CT molecular complexity index is 1350. The van der Waals surface area contributed by atoms with Crippen LogP contribution in [0.2, 0.25) is 0 Å². The molecule has 4 aromatic rings. The number of nitrogens with zero attached hydrogens (tertiary/aromatic N) is 4. The van der Waals surface area contributed by atoms with E-state index in [1.54, 1.807) is 0 Å². The topological polar surface area (TPSA) is 72.2 Å². The minimum atomic E-state index is -0.0371. The van der Waals surface area contributed by atoms with E-state index in [9.17, 15) is 4.79 Å². The van der Waals surface area contributed by atoms with Gasteiger partial charge >= 0.3 is 0 Å². The van der Waals surface area contributed by atoms with Gasteiger partial charge in [-0.1, -0.05) is 36.9 Å². The van der Waals surface area contributed by atoms with E-state index in [1.807, 2.05) is 42.5 Å². The molecule has 1 atom stereocenters. The smallest absolute Gasteiger partial charge is 0.234 e. The van der Waals surface area contributed by atoms with E-state index in [-0.39, 0.29) is 11.7 Å². The summed E-state index contributed by atoms with van der Waals surface area (Å²) < 4.78 is 2.14. The lowest BCUT2D eigenvalue weighted by molar-refractivity contribution is -0.113. The number of carbonyl (C=O) groups excluding carboxylic acids is 1. The molecule has 2 aliphatic rings. The van der Waals surface area contributed by atoms with Gasteiger partial charge in [-0.2, -0.15) is 0 Å². The highest BCUT2D eigenvalue weighted by Crippen LogP contribution is 2.44. The number of thioether (sulfide) groups is 1. The maximum atomic E-state index is 12.6. The van der Waals surface area contributed by atoms with E-state index in [0.29, 0.717) is 5.92 Å². The third-order valence-corrected chi connectivity index (χ3v) is 8.57. The standard InChI is InChI=1S/C24H25N5OS2/c1-13-7-10-16-18(11-13)32-23-20(16)22-27-28-24(29(22)21(26-23)15-8-9-15)31-12-19(30)25-17-6-4-3-5-14(17)2/h3-6,13,15H,7-12H2,1-2H3,(H,25,30)/t13-/m0/s1. The fourth-order valence-corrected chi connectivity index (χ4v) is 6.70. The summed E-state index contributed by atoms with van der Waals surface area (Å²) in [5.41, 5.74) is 4.25. The molecular weight excluding hydrogens is 438 g/mol. The molecule has 6 rings (SSSR count). The van der Waals surface area contributed by atoms with E-state index in [2.05, 4.69) is 26.8 Å². The normalized spacial score (nSPS) is 18.2. The Morgan fingerprint density at radius 1 is 1.25 bits per heavy atom. The fraction of sp³-hybridized carbons (Fsp3) is 0.417. The number of anilines is 1. The zero-order valence-corrected chi connectivity index (χ0v) is 19.9. The van der Waals surface area contributed by atoms with Gasteiger partial charge in [0.1, 0.15) is 10.7 Å². The first-order chi connectivity index (χ1) is 15.6. The zero-order valence-electron chi connectivity index (χ0n) is 18.2. The van der Waals surface area contributed by atoms with Crippen LogP contribution in [0.5, 0.6) is 0 Å². The van der Waals surface area contributed by atoms with E-state index in [0.717, 1.165) is 64.3 Å². The van der Waals surface area contributed by atoms with Gasteiger partial charge in [0.15, 0.2) is 10.8 Å². The third-order valence-electron chi connectivity index (χ3n) is 6.49. The van der Waals surface area contributed by atoms with Crippen molar-refractivity contribution >= 4 is 50.6 Å². The van der Waals surface area contributed by atoms with Crippen LogP contribution in [0.3, 0.4) is 0 Å². The molecule has 1 saturated carbocycles. The predicted molar refractivity (Wildman–Crippen MR) is 130 cm³/mol. The van der Waals surface area contributed by atoms with Crippen molar-refractivity contribution in [2.45, 2.75) is 57.0 Å². The minimum absolute atomic E-state index is 0.0371. The molecule has 1 N–H and O–H groups in total. The van der Waals surface area contributed by atoms with Gasteiger partial charge in [0, 0.05) is 16.5 Å². The average Bonchev–Trinajstić information content (AvgIpc) is 3.44. The maximum absolute atomic E-state index is 12.6. The molecule has 32 heavy (non-hydrogen) atoms. The number of rotatable bonds is 5. The maximum Gasteiger partial charge on any atom is 0.234 e. The van der Waals surface area contributed by atoms with Gasteiger partial charge in [0.2, 0.25) is 5.91 Å². The van der Waals surface area contributed by atoms with Crippen molar-refractivity contribution in [2.24, 2.45) is 5.92 Å². The van der Waals surface area contributed by atoms with E-state index in [4.69, 9.17) is 4.98 Å². The molecule has 0 spiro atoms. The quantitative estimate of drug-likeness (QED) is 0.402. The second-order valence-corrected chi connectivity index (χ2v) is 11.1. The first-order valence-electron chi connectivity index (χ1n) is 11.3. The highest BCUT2D eigenvalue weighted by Gasteiger charge is 2.32. The number of para-hydroxylation sites is 1. The Hall–Kier alpha value is -2.45. The molecule has 0 unspecified atom stereocenters. The van der Waals surface area contributed by atoms with Gasteiger partial charge < -0.3 is 5.32 Å². The molecule has 1 fully saturated rings. The van der Waals surface area contributed by atoms with E-state index in [1.165, 1.54) is 34.0 Å². The van der Waals surface area contributed by atoms with Gasteiger partial charge in [-0.15, -0.1) is 21.5 Å². The number of hydrogen-bond donors (Lipinski definition) is 1. The van der Waals surface area contributed by atoms with Crippen LogP contribution in [0.25, 0.3) is 15.9 Å². The SMILES string of the molecule is Cc1ccccc1NC(=O)CSc1nnc2c3c4c(sc3nc(C3CC3)n12)C[C@@H](C)CC4. The number of carbonyl (C=O) groups is 1. The molecule has 3 aromatic heterocycles. The number of aryl methyl sites for hydroxylation is 2. The average molecular weight is 464 g/mol. The number of fused-ring (bicyclic) bond motifs is 5. The molecule has 6 nitrogen and oxygen atoms in total. The van der Waals surface area contributed by atoms with Crippen LogP contribution in [-0.4, -0.2) is 31.2 Å². The van der Waals surface area contributed by atoms with Gasteiger partial charge in [-0.3, -0.25) is 9.20 Å². The second kappa shape index (κ2) is 7.85. The molecule has 3 heterocycles. The molecular formula is C24H25N5OS2. The number of aromatic nitrogens is 4. The third kappa shape index (κ3) is 3.49. The summed E-state index contributed by atoms with van der Waals surface area (Å²) in [6.45, 7) is 4.33. The molecule has 164 valence electrons. The Morgan fingerprint density at radius 3 is 2.91 bits per heavy atom. The van der Waals surface area contributed by atoms with Crippen molar-refractivity contribution in [1.29, 1.82) is 0 Å². The van der Waals surface area contributed by atoms with Gasteiger partial charge in [-0.25, -0.2) is 4.98 Å². The van der Waals surface area contributed by atoms with Crippen molar-refractivity contribution in [3.63, 3.8) is 0 Å². The Morgan fingerprint density at radius 2 is 2.09 bits per heavy atom. The molecule has 1 aromatic carbocycles. The second-order valence-electron chi connectivity index (χ2n) is 9.07. The van der Waals surface area contributed by atoms with Crippen molar-refractivity contribution in [3.8, 4) is 0 Å². The van der Waals surface area contributed by atoms with Crippen molar-refractivity contribution in [3.05, 3.63) is 46.1 Å². The van der Waals surface area contributed by atoms with Gasteiger partial charge in [-0.05, 0) is 62.1 Å². The monoisotopic (exact) mass is 463 g/mol. The highest BCUT2D eigenvalue weighted by molar-refractivity contribution is 7.99. The predicted octanol–water partition coefficient (Wildman–Crippen LogP) is 5.38. The number of nitrogens with one attached hydrogen (secondary N) is 1. The van der Waals surface area contributed by atoms with Crippen LogP contribution in [0.15, 0.2) is 29.4 Å². The molecule has 2 aliphatic carbocycles. The van der Waals surface area contributed by atoms with Crippen LogP contribution in [0.1, 0.15) is 53.9 Å². The van der Waals surface area contributed by atoms with E-state index < -0.39 is 0 Å².